The number of benzene rings is 2. The third kappa shape index (κ3) is 4.99. The lowest BCUT2D eigenvalue weighted by Crippen LogP contribution is -2.32. The van der Waals surface area contributed by atoms with E-state index in [0.29, 0.717) is 10.0 Å². The van der Waals surface area contributed by atoms with Gasteiger partial charge in [0.25, 0.3) is 5.91 Å². The summed E-state index contributed by atoms with van der Waals surface area (Å²) in [6.45, 7) is 0. The number of hydrogen-bond donors (Lipinski definition) is 2. The van der Waals surface area contributed by atoms with E-state index in [1.807, 2.05) is 0 Å². The lowest BCUT2D eigenvalue weighted by molar-refractivity contribution is 0.102. The van der Waals surface area contributed by atoms with Crippen molar-refractivity contribution in [1.29, 1.82) is 0 Å². The highest BCUT2D eigenvalue weighted by Gasteiger charge is 2.24. The molecule has 2 N–H and O–H groups in total. The Labute approximate surface area is 166 Å². The number of sulfonamides is 1. The molecule has 0 saturated heterocycles. The Morgan fingerprint density at radius 2 is 1.67 bits per heavy atom. The Kier molecular flexibility index (Phi) is 6.05. The molecule has 2 aromatic carbocycles. The fourth-order valence-corrected chi connectivity index (χ4v) is 4.86. The van der Waals surface area contributed by atoms with Crippen LogP contribution < -0.4 is 10.0 Å². The largest absolute Gasteiger partial charge is 0.322 e. The fraction of sp³-hybridized carbons (Fsp3) is 0.278. The Morgan fingerprint density at radius 1 is 1.04 bits per heavy atom. The van der Waals surface area contributed by atoms with Crippen LogP contribution in [0.5, 0.6) is 0 Å². The minimum absolute atomic E-state index is 0.133. The fourth-order valence-electron chi connectivity index (χ4n) is 3.00. The Bertz CT molecular complexity index is 956. The van der Waals surface area contributed by atoms with Crippen LogP contribution in [-0.2, 0) is 10.0 Å². The van der Waals surface area contributed by atoms with Crippen LogP contribution in [0.2, 0.25) is 10.0 Å². The van der Waals surface area contributed by atoms with Crippen LogP contribution in [0.15, 0.2) is 41.3 Å². The molecule has 144 valence electrons. The molecule has 3 rings (SSSR count). The smallest absolute Gasteiger partial charge is 0.258 e. The van der Waals surface area contributed by atoms with Crippen molar-refractivity contribution < 1.29 is 17.6 Å². The maximum atomic E-state index is 14.1. The van der Waals surface area contributed by atoms with Crippen molar-refractivity contribution in [2.75, 3.05) is 5.32 Å². The summed E-state index contributed by atoms with van der Waals surface area (Å²) in [6.07, 6.45) is 3.46. The highest BCUT2D eigenvalue weighted by molar-refractivity contribution is 7.89. The maximum absolute atomic E-state index is 14.1. The Morgan fingerprint density at radius 3 is 2.30 bits per heavy atom. The topological polar surface area (TPSA) is 75.3 Å². The summed E-state index contributed by atoms with van der Waals surface area (Å²) in [5, 5.41) is 3.07. The molecule has 27 heavy (non-hydrogen) atoms. The monoisotopic (exact) mass is 430 g/mol. The summed E-state index contributed by atoms with van der Waals surface area (Å²) in [6, 6.07) is 7.38. The second-order valence-electron chi connectivity index (χ2n) is 6.36. The number of carbonyl (C=O) groups excluding carboxylic acids is 1. The van der Waals surface area contributed by atoms with E-state index in [1.165, 1.54) is 18.2 Å². The van der Waals surface area contributed by atoms with E-state index >= 15 is 0 Å². The molecule has 0 heterocycles. The standard InChI is InChI=1S/C18H17Cl2FN2O3S/c19-11-7-12(20)9-14(8-11)22-18(24)16-10-15(5-6-17(16)21)27(25,26)23-13-3-1-2-4-13/h5-10,13,23H,1-4H2,(H,22,24). The summed E-state index contributed by atoms with van der Waals surface area (Å²) in [5.74, 6) is -1.64. The van der Waals surface area contributed by atoms with Crippen molar-refractivity contribution in [3.05, 3.63) is 57.8 Å². The van der Waals surface area contributed by atoms with E-state index in [2.05, 4.69) is 10.0 Å². The van der Waals surface area contributed by atoms with E-state index in [4.69, 9.17) is 23.2 Å². The molecule has 0 aromatic heterocycles. The molecule has 1 amide bonds. The Hall–Kier alpha value is -1.67. The molecule has 0 unspecified atom stereocenters. The van der Waals surface area contributed by atoms with Crippen molar-refractivity contribution in [2.45, 2.75) is 36.6 Å². The van der Waals surface area contributed by atoms with Crippen LogP contribution in [0.4, 0.5) is 10.1 Å². The first-order valence-corrected chi connectivity index (χ1v) is 10.6. The molecule has 0 radical (unpaired) electrons. The first-order valence-electron chi connectivity index (χ1n) is 8.34. The van der Waals surface area contributed by atoms with Crippen LogP contribution in [0, 0.1) is 5.82 Å². The molecule has 1 saturated carbocycles. The first-order chi connectivity index (χ1) is 12.7. The van der Waals surface area contributed by atoms with Gasteiger partial charge in [0.1, 0.15) is 5.82 Å². The van der Waals surface area contributed by atoms with Gasteiger partial charge < -0.3 is 5.32 Å². The van der Waals surface area contributed by atoms with E-state index in [0.717, 1.165) is 43.9 Å². The van der Waals surface area contributed by atoms with Gasteiger partial charge in [0.05, 0.1) is 10.5 Å². The quantitative estimate of drug-likeness (QED) is 0.727. The predicted molar refractivity (Wildman–Crippen MR) is 103 cm³/mol. The third-order valence-corrected chi connectivity index (χ3v) is 6.24. The molecule has 1 aliphatic rings. The Balaban J connectivity index is 1.85. The zero-order chi connectivity index (χ0) is 19.6. The van der Waals surface area contributed by atoms with Crippen molar-refractivity contribution in [2.24, 2.45) is 0 Å². The second-order valence-corrected chi connectivity index (χ2v) is 8.94. The van der Waals surface area contributed by atoms with E-state index < -0.39 is 21.7 Å². The molecule has 2 aromatic rings. The minimum Gasteiger partial charge on any atom is -0.322 e. The number of carbonyl (C=O) groups is 1. The molecule has 0 spiro atoms. The normalized spacial score (nSPS) is 15.1. The van der Waals surface area contributed by atoms with Gasteiger partial charge in [-0.3, -0.25) is 4.79 Å². The van der Waals surface area contributed by atoms with E-state index in [-0.39, 0.29) is 22.2 Å². The van der Waals surface area contributed by atoms with Crippen LogP contribution in [0.25, 0.3) is 0 Å². The summed E-state index contributed by atoms with van der Waals surface area (Å²) in [5.41, 5.74) is -0.116. The molecule has 0 atom stereocenters. The molecule has 9 heteroatoms. The second kappa shape index (κ2) is 8.14. The van der Waals surface area contributed by atoms with E-state index in [1.54, 1.807) is 0 Å². The number of anilines is 1. The summed E-state index contributed by atoms with van der Waals surface area (Å²) < 4.78 is 41.8. The van der Waals surface area contributed by atoms with Crippen LogP contribution in [0.3, 0.4) is 0 Å². The summed E-state index contributed by atoms with van der Waals surface area (Å²) in [7, 11) is -3.84. The molecular formula is C18H17Cl2FN2O3S. The SMILES string of the molecule is O=C(Nc1cc(Cl)cc(Cl)c1)c1cc(S(=O)(=O)NC2CCCC2)ccc1F. The van der Waals surface area contributed by atoms with Crippen LogP contribution >= 0.6 is 23.2 Å². The number of rotatable bonds is 5. The summed E-state index contributed by atoms with van der Waals surface area (Å²) >= 11 is 11.8. The zero-order valence-corrected chi connectivity index (χ0v) is 16.5. The molecule has 1 aliphatic carbocycles. The van der Waals surface area contributed by atoms with Crippen LogP contribution in [-0.4, -0.2) is 20.4 Å². The number of nitrogens with one attached hydrogen (secondary N) is 2. The van der Waals surface area contributed by atoms with Gasteiger partial charge in [0.15, 0.2) is 0 Å². The zero-order valence-electron chi connectivity index (χ0n) is 14.1. The van der Waals surface area contributed by atoms with Gasteiger partial charge in [-0.15, -0.1) is 0 Å². The van der Waals surface area contributed by atoms with Gasteiger partial charge in [-0.1, -0.05) is 36.0 Å². The maximum Gasteiger partial charge on any atom is 0.258 e. The lowest BCUT2D eigenvalue weighted by Gasteiger charge is -2.14. The lowest BCUT2D eigenvalue weighted by atomic mass is 10.2. The average Bonchev–Trinajstić information content (AvgIpc) is 3.06. The van der Waals surface area contributed by atoms with Crippen LogP contribution in [0.1, 0.15) is 36.0 Å². The van der Waals surface area contributed by atoms with Gasteiger partial charge in [-0.05, 0) is 49.2 Å². The van der Waals surface area contributed by atoms with E-state index in [9.17, 15) is 17.6 Å². The number of amides is 1. The predicted octanol–water partition coefficient (Wildman–Crippen LogP) is 4.61. The molecule has 0 aliphatic heterocycles. The minimum atomic E-state index is -3.84. The highest BCUT2D eigenvalue weighted by Crippen LogP contribution is 2.24. The molecule has 1 fully saturated rings. The van der Waals surface area contributed by atoms with Gasteiger partial charge in [0.2, 0.25) is 10.0 Å². The van der Waals surface area contributed by atoms with Crippen molar-refractivity contribution in [3.8, 4) is 0 Å². The molecular weight excluding hydrogens is 414 g/mol. The molecule has 5 nitrogen and oxygen atoms in total. The van der Waals surface area contributed by atoms with Gasteiger partial charge in [-0.2, -0.15) is 0 Å². The van der Waals surface area contributed by atoms with Crippen molar-refractivity contribution in [1.82, 2.24) is 4.72 Å². The number of halogens is 3. The van der Waals surface area contributed by atoms with Gasteiger partial charge in [-0.25, -0.2) is 17.5 Å². The van der Waals surface area contributed by atoms with Gasteiger partial charge >= 0.3 is 0 Å². The summed E-state index contributed by atoms with van der Waals surface area (Å²) in [4.78, 5) is 12.3. The number of hydrogen-bond acceptors (Lipinski definition) is 3. The van der Waals surface area contributed by atoms with Crippen molar-refractivity contribution in [3.63, 3.8) is 0 Å². The third-order valence-electron chi connectivity index (χ3n) is 4.29. The highest BCUT2D eigenvalue weighted by atomic mass is 35.5. The molecule has 0 bridgehead atoms. The first kappa shape index (κ1) is 20.1. The average molecular weight is 431 g/mol. The van der Waals surface area contributed by atoms with Gasteiger partial charge in [0, 0.05) is 21.8 Å². The van der Waals surface area contributed by atoms with Crippen molar-refractivity contribution >= 4 is 44.8 Å².